The molecule has 2 rings (SSSR count). The highest BCUT2D eigenvalue weighted by molar-refractivity contribution is 5.68. The molecule has 2 aliphatic rings. The summed E-state index contributed by atoms with van der Waals surface area (Å²) in [5, 5.41) is 3.49. The normalized spacial score (nSPS) is 26.3. The summed E-state index contributed by atoms with van der Waals surface area (Å²) >= 11 is 0. The number of nitrogens with one attached hydrogen (secondary N) is 1. The highest BCUT2D eigenvalue weighted by atomic mass is 16.6. The summed E-state index contributed by atoms with van der Waals surface area (Å²) in [7, 11) is 0. The molecular formula is C15H28N2O2. The summed E-state index contributed by atoms with van der Waals surface area (Å²) in [6.07, 6.45) is 4.77. The first-order valence-corrected chi connectivity index (χ1v) is 7.64. The smallest absolute Gasteiger partial charge is 0.410 e. The third kappa shape index (κ3) is 4.37. The van der Waals surface area contributed by atoms with Crippen LogP contribution in [0.1, 0.15) is 46.5 Å². The van der Waals surface area contributed by atoms with Gasteiger partial charge >= 0.3 is 6.09 Å². The van der Waals surface area contributed by atoms with Crippen molar-refractivity contribution in [1.82, 2.24) is 10.2 Å². The van der Waals surface area contributed by atoms with Crippen LogP contribution in [0.25, 0.3) is 0 Å². The number of carbonyl (C=O) groups excluding carboxylic acids is 1. The first kappa shape index (κ1) is 14.6. The van der Waals surface area contributed by atoms with Crippen LogP contribution in [0.15, 0.2) is 0 Å². The van der Waals surface area contributed by atoms with E-state index in [1.807, 2.05) is 25.7 Å². The molecule has 1 unspecified atom stereocenters. The second-order valence-electron chi connectivity index (χ2n) is 6.91. The van der Waals surface area contributed by atoms with Gasteiger partial charge in [0.2, 0.25) is 0 Å². The van der Waals surface area contributed by atoms with E-state index in [2.05, 4.69) is 5.32 Å². The fourth-order valence-electron chi connectivity index (χ4n) is 3.16. The van der Waals surface area contributed by atoms with Crippen molar-refractivity contribution in [2.45, 2.75) is 52.1 Å². The Morgan fingerprint density at radius 2 is 1.84 bits per heavy atom. The van der Waals surface area contributed by atoms with Crippen molar-refractivity contribution in [3.63, 3.8) is 0 Å². The predicted molar refractivity (Wildman–Crippen MR) is 76.1 cm³/mol. The highest BCUT2D eigenvalue weighted by Crippen LogP contribution is 2.29. The number of amides is 1. The van der Waals surface area contributed by atoms with Crippen LogP contribution in [0.4, 0.5) is 4.79 Å². The maximum atomic E-state index is 12.0. The summed E-state index contributed by atoms with van der Waals surface area (Å²) < 4.78 is 5.43. The zero-order chi connectivity index (χ0) is 13.9. The lowest BCUT2D eigenvalue weighted by atomic mass is 9.80. The van der Waals surface area contributed by atoms with Gasteiger partial charge in [-0.1, -0.05) is 0 Å². The fraction of sp³-hybridized carbons (Fsp3) is 0.933. The molecule has 0 bridgehead atoms. The largest absolute Gasteiger partial charge is 0.444 e. The molecule has 1 N–H and O–H groups in total. The number of hydrogen-bond donors (Lipinski definition) is 1. The molecule has 2 heterocycles. The molecule has 4 nitrogen and oxygen atoms in total. The molecule has 2 saturated heterocycles. The fourth-order valence-corrected chi connectivity index (χ4v) is 3.16. The molecule has 1 atom stereocenters. The molecule has 2 aliphatic heterocycles. The molecule has 0 spiro atoms. The van der Waals surface area contributed by atoms with Gasteiger partial charge < -0.3 is 15.0 Å². The molecule has 19 heavy (non-hydrogen) atoms. The van der Waals surface area contributed by atoms with Crippen LogP contribution in [0.5, 0.6) is 0 Å². The van der Waals surface area contributed by atoms with Crippen molar-refractivity contribution in [2.24, 2.45) is 11.8 Å². The average Bonchev–Trinajstić information content (AvgIpc) is 2.38. The third-order valence-corrected chi connectivity index (χ3v) is 4.19. The van der Waals surface area contributed by atoms with Crippen LogP contribution in [-0.4, -0.2) is 42.8 Å². The van der Waals surface area contributed by atoms with Gasteiger partial charge in [0.05, 0.1) is 0 Å². The Balaban J connectivity index is 1.77. The van der Waals surface area contributed by atoms with Gasteiger partial charge in [-0.3, -0.25) is 0 Å². The molecule has 0 aliphatic carbocycles. The van der Waals surface area contributed by atoms with Crippen molar-refractivity contribution < 1.29 is 9.53 Å². The van der Waals surface area contributed by atoms with Gasteiger partial charge in [0.15, 0.2) is 0 Å². The molecular weight excluding hydrogens is 240 g/mol. The van der Waals surface area contributed by atoms with Gasteiger partial charge in [-0.05, 0) is 71.4 Å². The minimum absolute atomic E-state index is 0.146. The van der Waals surface area contributed by atoms with E-state index in [1.54, 1.807) is 0 Å². The Hall–Kier alpha value is -0.770. The molecule has 1 amide bonds. The second kappa shape index (κ2) is 6.12. The van der Waals surface area contributed by atoms with Crippen LogP contribution in [0.3, 0.4) is 0 Å². The number of carbonyl (C=O) groups is 1. The van der Waals surface area contributed by atoms with Crippen LogP contribution in [-0.2, 0) is 4.74 Å². The monoisotopic (exact) mass is 268 g/mol. The zero-order valence-corrected chi connectivity index (χ0v) is 12.6. The van der Waals surface area contributed by atoms with E-state index < -0.39 is 0 Å². The number of nitrogens with zero attached hydrogens (tertiary/aromatic N) is 1. The number of piperidine rings is 2. The maximum absolute atomic E-state index is 12.0. The van der Waals surface area contributed by atoms with Gasteiger partial charge in [0.1, 0.15) is 5.60 Å². The summed E-state index contributed by atoms with van der Waals surface area (Å²) in [6, 6.07) is 0. The van der Waals surface area contributed by atoms with Crippen LogP contribution >= 0.6 is 0 Å². The van der Waals surface area contributed by atoms with Crippen molar-refractivity contribution in [3.8, 4) is 0 Å². The van der Waals surface area contributed by atoms with Gasteiger partial charge in [0, 0.05) is 13.1 Å². The van der Waals surface area contributed by atoms with Crippen LogP contribution in [0.2, 0.25) is 0 Å². The van der Waals surface area contributed by atoms with E-state index in [1.165, 1.54) is 19.4 Å². The second-order valence-corrected chi connectivity index (χ2v) is 6.91. The number of ether oxygens (including phenoxy) is 1. The number of likely N-dealkylation sites (tertiary alicyclic amines) is 1. The Kier molecular flexibility index (Phi) is 4.71. The summed E-state index contributed by atoms with van der Waals surface area (Å²) in [5.74, 6) is 1.60. The Bertz CT molecular complexity index is 298. The SMILES string of the molecule is CC(C)(C)OC(=O)N1CCC(C2CCCNC2)CC1. The molecule has 0 aromatic heterocycles. The molecule has 4 heteroatoms. The van der Waals surface area contributed by atoms with E-state index in [9.17, 15) is 4.79 Å². The molecule has 2 fully saturated rings. The molecule has 0 aromatic carbocycles. The first-order chi connectivity index (χ1) is 8.96. The van der Waals surface area contributed by atoms with Gasteiger partial charge in [-0.15, -0.1) is 0 Å². The van der Waals surface area contributed by atoms with Crippen molar-refractivity contribution in [3.05, 3.63) is 0 Å². The topological polar surface area (TPSA) is 41.6 Å². The Morgan fingerprint density at radius 3 is 2.37 bits per heavy atom. The Morgan fingerprint density at radius 1 is 1.16 bits per heavy atom. The number of rotatable bonds is 1. The van der Waals surface area contributed by atoms with Crippen molar-refractivity contribution in [2.75, 3.05) is 26.2 Å². The lowest BCUT2D eigenvalue weighted by Crippen LogP contribution is -2.44. The predicted octanol–water partition coefficient (Wildman–Crippen LogP) is 2.63. The molecule has 0 aromatic rings. The summed E-state index contributed by atoms with van der Waals surface area (Å²) in [5.41, 5.74) is -0.388. The van der Waals surface area contributed by atoms with E-state index >= 15 is 0 Å². The molecule has 110 valence electrons. The third-order valence-electron chi connectivity index (χ3n) is 4.19. The van der Waals surface area contributed by atoms with Gasteiger partial charge in [0.25, 0.3) is 0 Å². The average molecular weight is 268 g/mol. The lowest BCUT2D eigenvalue weighted by molar-refractivity contribution is 0.0153. The zero-order valence-electron chi connectivity index (χ0n) is 12.6. The van der Waals surface area contributed by atoms with E-state index in [0.717, 1.165) is 44.3 Å². The summed E-state index contributed by atoms with van der Waals surface area (Å²) in [4.78, 5) is 13.9. The van der Waals surface area contributed by atoms with Crippen LogP contribution < -0.4 is 5.32 Å². The van der Waals surface area contributed by atoms with Gasteiger partial charge in [-0.2, -0.15) is 0 Å². The van der Waals surface area contributed by atoms with Gasteiger partial charge in [-0.25, -0.2) is 4.79 Å². The van der Waals surface area contributed by atoms with E-state index in [-0.39, 0.29) is 11.7 Å². The van der Waals surface area contributed by atoms with Crippen molar-refractivity contribution in [1.29, 1.82) is 0 Å². The van der Waals surface area contributed by atoms with Crippen molar-refractivity contribution >= 4 is 6.09 Å². The minimum atomic E-state index is -0.388. The standard InChI is InChI=1S/C15H28N2O2/c1-15(2,3)19-14(18)17-9-6-12(7-10-17)13-5-4-8-16-11-13/h12-13,16H,4-11H2,1-3H3. The molecule has 0 radical (unpaired) electrons. The first-order valence-electron chi connectivity index (χ1n) is 7.64. The Labute approximate surface area is 116 Å². The number of hydrogen-bond acceptors (Lipinski definition) is 3. The van der Waals surface area contributed by atoms with Crippen LogP contribution in [0, 0.1) is 11.8 Å². The molecule has 0 saturated carbocycles. The van der Waals surface area contributed by atoms with E-state index in [4.69, 9.17) is 4.74 Å². The highest BCUT2D eigenvalue weighted by Gasteiger charge is 2.30. The lowest BCUT2D eigenvalue weighted by Gasteiger charge is -2.38. The minimum Gasteiger partial charge on any atom is -0.444 e. The van der Waals surface area contributed by atoms with E-state index in [0.29, 0.717) is 0 Å². The quantitative estimate of drug-likeness (QED) is 0.795. The summed E-state index contributed by atoms with van der Waals surface area (Å²) in [6.45, 7) is 9.82. The maximum Gasteiger partial charge on any atom is 0.410 e.